The highest BCUT2D eigenvalue weighted by molar-refractivity contribution is 5.32. The summed E-state index contributed by atoms with van der Waals surface area (Å²) in [5.41, 5.74) is 7.90. The fraction of sp³-hybridized carbons (Fsp3) is 0.647. The van der Waals surface area contributed by atoms with E-state index >= 15 is 0 Å². The second kappa shape index (κ2) is 6.42. The average Bonchev–Trinajstić information content (AvgIpc) is 2.46. The van der Waals surface area contributed by atoms with E-state index < -0.39 is 0 Å². The lowest BCUT2D eigenvalue weighted by molar-refractivity contribution is 0.184. The minimum Gasteiger partial charge on any atom is -0.494 e. The summed E-state index contributed by atoms with van der Waals surface area (Å²) in [4.78, 5) is 0. The fourth-order valence-electron chi connectivity index (χ4n) is 3.30. The third-order valence-corrected chi connectivity index (χ3v) is 4.48. The number of benzene rings is 1. The molecule has 0 saturated heterocycles. The van der Waals surface area contributed by atoms with Crippen molar-refractivity contribution >= 4 is 0 Å². The Kier molecular flexibility index (Phi) is 4.87. The van der Waals surface area contributed by atoms with Crippen LogP contribution in [-0.4, -0.2) is 6.61 Å². The van der Waals surface area contributed by atoms with Crippen LogP contribution in [0.2, 0.25) is 0 Å². The lowest BCUT2D eigenvalue weighted by atomic mass is 9.68. The Morgan fingerprint density at radius 3 is 2.58 bits per heavy atom. The van der Waals surface area contributed by atoms with Gasteiger partial charge >= 0.3 is 0 Å². The van der Waals surface area contributed by atoms with Gasteiger partial charge in [0, 0.05) is 5.54 Å². The highest BCUT2D eigenvalue weighted by atomic mass is 16.5. The molecule has 0 amide bonds. The second-order valence-corrected chi connectivity index (χ2v) is 5.76. The van der Waals surface area contributed by atoms with Crippen molar-refractivity contribution in [3.05, 3.63) is 29.8 Å². The van der Waals surface area contributed by atoms with Gasteiger partial charge in [0.2, 0.25) is 0 Å². The molecule has 1 aliphatic carbocycles. The van der Waals surface area contributed by atoms with Gasteiger partial charge < -0.3 is 10.5 Å². The number of nitrogens with two attached hydrogens (primary N) is 1. The molecular weight excluding hydrogens is 234 g/mol. The minimum atomic E-state index is -0.129. The molecule has 2 atom stereocenters. The van der Waals surface area contributed by atoms with Gasteiger partial charge in [-0.2, -0.15) is 0 Å². The molecule has 1 saturated carbocycles. The van der Waals surface area contributed by atoms with Gasteiger partial charge in [0.05, 0.1) is 6.61 Å². The monoisotopic (exact) mass is 261 g/mol. The summed E-state index contributed by atoms with van der Waals surface area (Å²) >= 11 is 0. The molecule has 0 heterocycles. The first-order valence-electron chi connectivity index (χ1n) is 7.73. The van der Waals surface area contributed by atoms with Crippen molar-refractivity contribution in [2.24, 2.45) is 11.7 Å². The van der Waals surface area contributed by atoms with Crippen LogP contribution in [-0.2, 0) is 5.54 Å². The molecule has 106 valence electrons. The Labute approximate surface area is 117 Å². The third kappa shape index (κ3) is 3.11. The quantitative estimate of drug-likeness (QED) is 0.861. The van der Waals surface area contributed by atoms with Crippen LogP contribution in [0.3, 0.4) is 0 Å². The fourth-order valence-corrected chi connectivity index (χ4v) is 3.30. The van der Waals surface area contributed by atoms with Gasteiger partial charge in [0.1, 0.15) is 5.75 Å². The van der Waals surface area contributed by atoms with Crippen LogP contribution in [0, 0.1) is 5.92 Å². The van der Waals surface area contributed by atoms with E-state index in [1.54, 1.807) is 0 Å². The number of hydrogen-bond acceptors (Lipinski definition) is 2. The van der Waals surface area contributed by atoms with Crippen LogP contribution in [0.4, 0.5) is 0 Å². The van der Waals surface area contributed by atoms with Gasteiger partial charge in [-0.3, -0.25) is 0 Å². The first kappa shape index (κ1) is 14.4. The van der Waals surface area contributed by atoms with Crippen molar-refractivity contribution in [1.29, 1.82) is 0 Å². The highest BCUT2D eigenvalue weighted by Gasteiger charge is 2.37. The summed E-state index contributed by atoms with van der Waals surface area (Å²) in [5, 5.41) is 0. The lowest BCUT2D eigenvalue weighted by Crippen LogP contribution is -2.46. The predicted octanol–water partition coefficient (Wildman–Crippen LogP) is 4.23. The molecule has 2 unspecified atom stereocenters. The first-order valence-corrected chi connectivity index (χ1v) is 7.73. The SMILES string of the molecule is CCCOc1ccc(C2(N)CCCCC2CC)cc1. The zero-order chi connectivity index (χ0) is 13.7. The molecule has 1 fully saturated rings. The normalized spacial score (nSPS) is 27.2. The maximum Gasteiger partial charge on any atom is 0.119 e. The summed E-state index contributed by atoms with van der Waals surface area (Å²) in [5.74, 6) is 1.57. The van der Waals surface area contributed by atoms with Crippen LogP contribution < -0.4 is 10.5 Å². The van der Waals surface area contributed by atoms with Crippen LogP contribution in [0.5, 0.6) is 5.75 Å². The van der Waals surface area contributed by atoms with E-state index in [1.807, 2.05) is 0 Å². The van der Waals surface area contributed by atoms with Crippen molar-refractivity contribution in [2.75, 3.05) is 6.61 Å². The minimum absolute atomic E-state index is 0.129. The molecule has 1 aliphatic rings. The Hall–Kier alpha value is -1.02. The van der Waals surface area contributed by atoms with E-state index in [0.29, 0.717) is 5.92 Å². The van der Waals surface area contributed by atoms with Crippen LogP contribution in [0.1, 0.15) is 57.9 Å². The van der Waals surface area contributed by atoms with E-state index in [9.17, 15) is 0 Å². The molecule has 0 spiro atoms. The molecule has 2 N–H and O–H groups in total. The van der Waals surface area contributed by atoms with E-state index in [-0.39, 0.29) is 5.54 Å². The van der Waals surface area contributed by atoms with Crippen molar-refractivity contribution < 1.29 is 4.74 Å². The Bertz CT molecular complexity index is 387. The second-order valence-electron chi connectivity index (χ2n) is 5.76. The molecule has 2 nitrogen and oxygen atoms in total. The molecule has 2 rings (SSSR count). The van der Waals surface area contributed by atoms with Gasteiger partial charge in [-0.05, 0) is 42.9 Å². The smallest absolute Gasteiger partial charge is 0.119 e. The zero-order valence-corrected chi connectivity index (χ0v) is 12.3. The van der Waals surface area contributed by atoms with Gasteiger partial charge in [-0.15, -0.1) is 0 Å². The molecule has 0 radical (unpaired) electrons. The molecule has 0 aromatic heterocycles. The summed E-state index contributed by atoms with van der Waals surface area (Å²) in [6.07, 6.45) is 7.17. The van der Waals surface area contributed by atoms with Crippen molar-refractivity contribution in [3.63, 3.8) is 0 Å². The van der Waals surface area contributed by atoms with Gasteiger partial charge in [0.15, 0.2) is 0 Å². The molecule has 19 heavy (non-hydrogen) atoms. The summed E-state index contributed by atoms with van der Waals surface area (Å²) in [7, 11) is 0. The Morgan fingerprint density at radius 2 is 1.95 bits per heavy atom. The topological polar surface area (TPSA) is 35.2 Å². The van der Waals surface area contributed by atoms with Crippen molar-refractivity contribution in [2.45, 2.75) is 57.9 Å². The maximum absolute atomic E-state index is 6.74. The standard InChI is InChI=1S/C17H27NO/c1-3-13-19-16-10-8-15(9-11-16)17(18)12-6-5-7-14(17)4-2/h8-11,14H,3-7,12-13,18H2,1-2H3. The Balaban J connectivity index is 2.15. The zero-order valence-electron chi connectivity index (χ0n) is 12.3. The third-order valence-electron chi connectivity index (χ3n) is 4.48. The van der Waals surface area contributed by atoms with Crippen molar-refractivity contribution in [1.82, 2.24) is 0 Å². The number of rotatable bonds is 5. The van der Waals surface area contributed by atoms with Crippen molar-refractivity contribution in [3.8, 4) is 5.75 Å². The Morgan fingerprint density at radius 1 is 1.21 bits per heavy atom. The molecular formula is C17H27NO. The summed E-state index contributed by atoms with van der Waals surface area (Å²) < 4.78 is 5.64. The van der Waals surface area contributed by atoms with Gasteiger partial charge in [-0.25, -0.2) is 0 Å². The largest absolute Gasteiger partial charge is 0.494 e. The van der Waals surface area contributed by atoms with E-state index in [1.165, 1.54) is 31.2 Å². The lowest BCUT2D eigenvalue weighted by Gasteiger charge is -2.41. The van der Waals surface area contributed by atoms with E-state index in [2.05, 4.69) is 38.1 Å². The van der Waals surface area contributed by atoms with Crippen LogP contribution in [0.15, 0.2) is 24.3 Å². The average molecular weight is 261 g/mol. The number of ether oxygens (including phenoxy) is 1. The number of hydrogen-bond donors (Lipinski definition) is 1. The molecule has 2 heteroatoms. The van der Waals surface area contributed by atoms with Crippen LogP contribution >= 0.6 is 0 Å². The van der Waals surface area contributed by atoms with E-state index in [4.69, 9.17) is 10.5 Å². The molecule has 0 bridgehead atoms. The first-order chi connectivity index (χ1) is 9.20. The highest BCUT2D eigenvalue weighted by Crippen LogP contribution is 2.41. The summed E-state index contributed by atoms with van der Waals surface area (Å²) in [6, 6.07) is 8.47. The predicted molar refractivity (Wildman–Crippen MR) is 80.3 cm³/mol. The maximum atomic E-state index is 6.74. The van der Waals surface area contributed by atoms with Crippen LogP contribution in [0.25, 0.3) is 0 Å². The molecule has 1 aromatic rings. The van der Waals surface area contributed by atoms with Gasteiger partial charge in [-0.1, -0.05) is 45.2 Å². The van der Waals surface area contributed by atoms with Gasteiger partial charge in [0.25, 0.3) is 0 Å². The molecule has 0 aliphatic heterocycles. The summed E-state index contributed by atoms with van der Waals surface area (Å²) in [6.45, 7) is 5.16. The van der Waals surface area contributed by atoms with E-state index in [0.717, 1.165) is 25.2 Å². The molecule has 1 aromatic carbocycles.